The van der Waals surface area contributed by atoms with Crippen molar-refractivity contribution in [1.29, 1.82) is 0 Å². The molecule has 5 rings (SSSR count). The maximum Gasteiger partial charge on any atom is 0.394 e. The molecule has 170 valence electrons. The Morgan fingerprint density at radius 1 is 1.16 bits per heavy atom. The van der Waals surface area contributed by atoms with Crippen LogP contribution in [0.15, 0.2) is 18.2 Å². The first-order chi connectivity index (χ1) is 14.6. The first kappa shape index (κ1) is 22.2. The molecule has 0 spiro atoms. The molecule has 3 amide bonds. The minimum atomic E-state index is -4.25. The summed E-state index contributed by atoms with van der Waals surface area (Å²) in [6.07, 6.45) is -3.34. The van der Waals surface area contributed by atoms with Crippen LogP contribution in [-0.4, -0.2) is 42.6 Å². The smallest absolute Gasteiger partial charge is 0.353 e. The zero-order chi connectivity index (χ0) is 22.4. The predicted octanol–water partition coefficient (Wildman–Crippen LogP) is 4.56. The summed E-state index contributed by atoms with van der Waals surface area (Å²) in [4.78, 5) is 26.0. The molecule has 5 nitrogen and oxygen atoms in total. The minimum Gasteiger partial charge on any atom is -0.353 e. The maximum atomic E-state index is 13.8. The molecule has 2 bridgehead atoms. The lowest BCUT2D eigenvalue weighted by molar-refractivity contribution is -0.262. The van der Waals surface area contributed by atoms with Crippen molar-refractivity contribution in [3.63, 3.8) is 0 Å². The first-order valence-electron chi connectivity index (χ1n) is 10.4. The van der Waals surface area contributed by atoms with E-state index in [9.17, 15) is 27.2 Å². The Kier molecular flexibility index (Phi) is 5.60. The van der Waals surface area contributed by atoms with Crippen LogP contribution in [0.1, 0.15) is 50.1 Å². The summed E-state index contributed by atoms with van der Waals surface area (Å²) in [5.41, 5.74) is -1.68. The molecule has 1 heterocycles. The number of fused-ring (bicyclic) bond motifs is 3. The van der Waals surface area contributed by atoms with Gasteiger partial charge < -0.3 is 15.5 Å². The lowest BCUT2D eigenvalue weighted by atomic mass is 9.50. The van der Waals surface area contributed by atoms with E-state index in [0.29, 0.717) is 37.9 Å². The quantitative estimate of drug-likeness (QED) is 0.648. The second kappa shape index (κ2) is 7.83. The van der Waals surface area contributed by atoms with E-state index in [4.69, 9.17) is 11.6 Å². The van der Waals surface area contributed by atoms with Gasteiger partial charge in [0.05, 0.1) is 16.5 Å². The van der Waals surface area contributed by atoms with Crippen LogP contribution in [0.3, 0.4) is 0 Å². The number of nitrogens with one attached hydrogen (secondary N) is 2. The summed E-state index contributed by atoms with van der Waals surface area (Å²) >= 11 is 5.98. The number of nitrogens with zero attached hydrogens (tertiary/aromatic N) is 1. The van der Waals surface area contributed by atoms with Gasteiger partial charge in [-0.1, -0.05) is 17.7 Å². The van der Waals surface area contributed by atoms with Gasteiger partial charge >= 0.3 is 12.2 Å². The van der Waals surface area contributed by atoms with Crippen molar-refractivity contribution in [1.82, 2.24) is 15.5 Å². The van der Waals surface area contributed by atoms with Crippen LogP contribution in [0, 0.1) is 16.6 Å². The molecule has 1 aromatic rings. The van der Waals surface area contributed by atoms with Crippen LogP contribution in [-0.2, 0) is 4.79 Å². The van der Waals surface area contributed by atoms with Gasteiger partial charge in [0.15, 0.2) is 0 Å². The van der Waals surface area contributed by atoms with E-state index in [1.165, 1.54) is 23.1 Å². The highest BCUT2D eigenvalue weighted by atomic mass is 35.5. The van der Waals surface area contributed by atoms with Gasteiger partial charge in [0.2, 0.25) is 5.91 Å². The fraction of sp³-hybridized carbons (Fsp3) is 0.619. The van der Waals surface area contributed by atoms with Crippen molar-refractivity contribution >= 4 is 23.5 Å². The van der Waals surface area contributed by atoms with E-state index < -0.39 is 34.9 Å². The molecule has 10 heteroatoms. The van der Waals surface area contributed by atoms with Crippen molar-refractivity contribution in [3.05, 3.63) is 34.6 Å². The molecule has 4 aliphatic rings. The van der Waals surface area contributed by atoms with Gasteiger partial charge in [0.1, 0.15) is 12.4 Å². The van der Waals surface area contributed by atoms with Crippen LogP contribution in [0.2, 0.25) is 5.02 Å². The molecule has 2 N–H and O–H groups in total. The molecule has 1 saturated heterocycles. The zero-order valence-electron chi connectivity index (χ0n) is 16.8. The van der Waals surface area contributed by atoms with Crippen LogP contribution in [0.25, 0.3) is 0 Å². The van der Waals surface area contributed by atoms with Crippen LogP contribution < -0.4 is 10.6 Å². The average Bonchev–Trinajstić information content (AvgIpc) is 2.74. The fourth-order valence-electron chi connectivity index (χ4n) is 5.38. The fourth-order valence-corrected chi connectivity index (χ4v) is 5.57. The lowest BCUT2D eigenvalue weighted by Crippen LogP contribution is -2.57. The highest BCUT2D eigenvalue weighted by Crippen LogP contribution is 2.65. The summed E-state index contributed by atoms with van der Waals surface area (Å²) in [5.74, 6) is -0.879. The maximum absolute atomic E-state index is 13.8. The van der Waals surface area contributed by atoms with Crippen molar-refractivity contribution in [2.24, 2.45) is 10.8 Å². The van der Waals surface area contributed by atoms with Gasteiger partial charge in [-0.2, -0.15) is 13.2 Å². The minimum absolute atomic E-state index is 0.00389. The summed E-state index contributed by atoms with van der Waals surface area (Å²) < 4.78 is 54.8. The average molecular weight is 462 g/mol. The van der Waals surface area contributed by atoms with Crippen LogP contribution in [0.4, 0.5) is 22.4 Å². The largest absolute Gasteiger partial charge is 0.394 e. The predicted molar refractivity (Wildman–Crippen MR) is 106 cm³/mol. The third-order valence-electron chi connectivity index (χ3n) is 7.39. The first-order valence-corrected chi connectivity index (χ1v) is 10.8. The zero-order valence-corrected chi connectivity index (χ0v) is 17.6. The SMILES string of the molecule is O=C1CN(C(=O)N[C@H](c2ccc(F)c(Cl)c2)C23CCC(C(F)(F)F)(CC2)CC3)CCN1. The van der Waals surface area contributed by atoms with E-state index in [-0.39, 0.29) is 36.7 Å². The number of rotatable bonds is 3. The Labute approximate surface area is 182 Å². The molecular formula is C21H24ClF4N3O2. The topological polar surface area (TPSA) is 61.4 Å². The standard InChI is InChI=1S/C21H24ClF4N3O2/c22-14-11-13(1-2-15(14)23)17(28-18(31)29-10-9-27-16(30)12-29)19-3-6-20(7-4-19,8-5-19)21(24,25)26/h1-2,11,17H,3-10,12H2,(H,27,30)(H,28,31)/t17-,19?,20?/m1/s1. The molecule has 4 fully saturated rings. The third kappa shape index (κ3) is 3.97. The van der Waals surface area contributed by atoms with E-state index in [0.717, 1.165) is 0 Å². The Hall–Kier alpha value is -2.03. The number of alkyl halides is 3. The number of carbonyl (C=O) groups excluding carboxylic acids is 2. The van der Waals surface area contributed by atoms with E-state index in [2.05, 4.69) is 10.6 Å². The highest BCUT2D eigenvalue weighted by Gasteiger charge is 2.63. The number of halogens is 5. The number of carbonyl (C=O) groups is 2. The normalized spacial score (nSPS) is 29.5. The van der Waals surface area contributed by atoms with Crippen LogP contribution in [0.5, 0.6) is 0 Å². The van der Waals surface area contributed by atoms with Crippen molar-refractivity contribution in [3.8, 4) is 0 Å². The number of hydrogen-bond acceptors (Lipinski definition) is 2. The Morgan fingerprint density at radius 3 is 2.35 bits per heavy atom. The lowest BCUT2D eigenvalue weighted by Gasteiger charge is -2.56. The second-order valence-electron chi connectivity index (χ2n) is 8.97. The Morgan fingerprint density at radius 2 is 1.81 bits per heavy atom. The number of piperazine rings is 1. The van der Waals surface area contributed by atoms with E-state index in [1.807, 2.05) is 0 Å². The van der Waals surface area contributed by atoms with Gasteiger partial charge in [-0.3, -0.25) is 4.79 Å². The number of amides is 3. The molecule has 0 radical (unpaired) electrons. The van der Waals surface area contributed by atoms with Crippen molar-refractivity contribution in [2.45, 2.75) is 50.7 Å². The molecule has 0 aromatic heterocycles. The second-order valence-corrected chi connectivity index (χ2v) is 9.38. The van der Waals surface area contributed by atoms with Gasteiger partial charge in [-0.25, -0.2) is 9.18 Å². The van der Waals surface area contributed by atoms with E-state index in [1.54, 1.807) is 0 Å². The number of urea groups is 1. The molecule has 31 heavy (non-hydrogen) atoms. The summed E-state index contributed by atoms with van der Waals surface area (Å²) in [5, 5.41) is 5.49. The molecule has 3 saturated carbocycles. The van der Waals surface area contributed by atoms with Gasteiger partial charge in [0, 0.05) is 13.1 Å². The molecule has 3 aliphatic carbocycles. The highest BCUT2D eigenvalue weighted by molar-refractivity contribution is 6.30. The number of hydrogen-bond donors (Lipinski definition) is 2. The summed E-state index contributed by atoms with van der Waals surface area (Å²) in [6, 6.07) is 3.06. The number of benzene rings is 1. The third-order valence-corrected chi connectivity index (χ3v) is 7.68. The van der Waals surface area contributed by atoms with Crippen LogP contribution >= 0.6 is 11.6 Å². The summed E-state index contributed by atoms with van der Waals surface area (Å²) in [6.45, 7) is 0.574. The summed E-state index contributed by atoms with van der Waals surface area (Å²) in [7, 11) is 0. The van der Waals surface area contributed by atoms with Crippen molar-refractivity contribution in [2.75, 3.05) is 19.6 Å². The van der Waals surface area contributed by atoms with Gasteiger partial charge in [-0.15, -0.1) is 0 Å². The van der Waals surface area contributed by atoms with Gasteiger partial charge in [0.25, 0.3) is 0 Å². The molecule has 1 aromatic carbocycles. The Balaban J connectivity index is 1.63. The molecular weight excluding hydrogens is 438 g/mol. The molecule has 1 atom stereocenters. The van der Waals surface area contributed by atoms with Gasteiger partial charge in [-0.05, 0) is 61.6 Å². The van der Waals surface area contributed by atoms with E-state index >= 15 is 0 Å². The molecule has 0 unspecified atom stereocenters. The monoisotopic (exact) mass is 461 g/mol. The molecule has 1 aliphatic heterocycles. The van der Waals surface area contributed by atoms with Crippen molar-refractivity contribution < 1.29 is 27.2 Å². The Bertz CT molecular complexity index is 867.